The smallest absolute Gasteiger partial charge is 0.128 e. The molecule has 0 radical (unpaired) electrons. The van der Waals surface area contributed by atoms with E-state index >= 15 is 0 Å². The lowest BCUT2D eigenvalue weighted by Crippen LogP contribution is -2.04. The van der Waals surface area contributed by atoms with Crippen LogP contribution < -0.4 is 9.47 Å². The fourth-order valence-electron chi connectivity index (χ4n) is 2.54. The van der Waals surface area contributed by atoms with Crippen molar-refractivity contribution in [2.24, 2.45) is 0 Å². The van der Waals surface area contributed by atoms with E-state index in [1.165, 1.54) is 18.4 Å². The van der Waals surface area contributed by atoms with Crippen LogP contribution >= 0.6 is 0 Å². The second-order valence-electron chi connectivity index (χ2n) is 4.94. The number of aliphatic hydroxyl groups excluding tert-OH is 1. The van der Waals surface area contributed by atoms with Gasteiger partial charge in [0.25, 0.3) is 0 Å². The van der Waals surface area contributed by atoms with Gasteiger partial charge in [0.15, 0.2) is 0 Å². The number of benzene rings is 1. The van der Waals surface area contributed by atoms with E-state index in [0.29, 0.717) is 12.2 Å². The van der Waals surface area contributed by atoms with Gasteiger partial charge in [-0.25, -0.2) is 0 Å². The molecular weight excluding hydrogens is 240 g/mol. The van der Waals surface area contributed by atoms with E-state index in [1.807, 2.05) is 18.2 Å². The topological polar surface area (TPSA) is 38.7 Å². The minimum Gasteiger partial charge on any atom is -0.497 e. The Bertz CT molecular complexity index is 451. The van der Waals surface area contributed by atoms with Crippen LogP contribution in [0.4, 0.5) is 0 Å². The van der Waals surface area contributed by atoms with Gasteiger partial charge in [0.05, 0.1) is 20.3 Å². The minimum absolute atomic E-state index is 0.509. The van der Waals surface area contributed by atoms with Crippen LogP contribution in [0.15, 0.2) is 29.8 Å². The molecule has 1 unspecified atom stereocenters. The normalized spacial score (nSPS) is 16.7. The molecule has 0 bridgehead atoms. The number of rotatable bonds is 5. The van der Waals surface area contributed by atoms with Gasteiger partial charge in [-0.1, -0.05) is 11.6 Å². The molecule has 3 heteroatoms. The summed E-state index contributed by atoms with van der Waals surface area (Å²) >= 11 is 0. The molecule has 1 atom stereocenters. The Labute approximate surface area is 114 Å². The molecule has 2 rings (SSSR count). The van der Waals surface area contributed by atoms with Gasteiger partial charge in [-0.05, 0) is 44.2 Å². The minimum atomic E-state index is -0.509. The molecule has 1 aliphatic carbocycles. The quantitative estimate of drug-likeness (QED) is 0.824. The monoisotopic (exact) mass is 262 g/mol. The van der Waals surface area contributed by atoms with Crippen molar-refractivity contribution in [3.8, 4) is 11.5 Å². The van der Waals surface area contributed by atoms with Crippen molar-refractivity contribution in [2.75, 3.05) is 14.2 Å². The highest BCUT2D eigenvalue weighted by Gasteiger charge is 2.16. The van der Waals surface area contributed by atoms with E-state index in [2.05, 4.69) is 6.08 Å². The van der Waals surface area contributed by atoms with E-state index in [0.717, 1.165) is 24.2 Å². The molecule has 0 aromatic heterocycles. The predicted molar refractivity (Wildman–Crippen MR) is 75.7 cm³/mol. The van der Waals surface area contributed by atoms with Crippen molar-refractivity contribution >= 4 is 0 Å². The fourth-order valence-corrected chi connectivity index (χ4v) is 2.54. The molecule has 0 saturated carbocycles. The molecule has 1 aromatic carbocycles. The summed E-state index contributed by atoms with van der Waals surface area (Å²) in [5.74, 6) is 1.42. The first-order chi connectivity index (χ1) is 9.24. The number of hydrogen-bond acceptors (Lipinski definition) is 3. The Morgan fingerprint density at radius 3 is 2.68 bits per heavy atom. The molecule has 19 heavy (non-hydrogen) atoms. The summed E-state index contributed by atoms with van der Waals surface area (Å²) in [6.07, 6.45) is 7.21. The molecule has 1 aliphatic rings. The van der Waals surface area contributed by atoms with Gasteiger partial charge in [0, 0.05) is 11.6 Å². The fraction of sp³-hybridized carbons (Fsp3) is 0.500. The van der Waals surface area contributed by atoms with Gasteiger partial charge in [-0.3, -0.25) is 0 Å². The molecule has 0 fully saturated rings. The van der Waals surface area contributed by atoms with E-state index in [4.69, 9.17) is 9.47 Å². The van der Waals surface area contributed by atoms with Crippen molar-refractivity contribution < 1.29 is 14.6 Å². The second-order valence-corrected chi connectivity index (χ2v) is 4.94. The van der Waals surface area contributed by atoms with Crippen molar-refractivity contribution in [3.63, 3.8) is 0 Å². The standard InChI is InChI=1S/C16H22O3/c1-18-13-8-9-14(16(11-13)19-2)15(17)10-12-6-4-3-5-7-12/h6,8-9,11,15,17H,3-5,7,10H2,1-2H3. The third-order valence-electron chi connectivity index (χ3n) is 3.64. The van der Waals surface area contributed by atoms with Gasteiger partial charge >= 0.3 is 0 Å². The van der Waals surface area contributed by atoms with Crippen LogP contribution in [0.2, 0.25) is 0 Å². The first kappa shape index (κ1) is 13.9. The molecule has 0 saturated heterocycles. The molecule has 0 spiro atoms. The molecule has 3 nitrogen and oxygen atoms in total. The highest BCUT2D eigenvalue weighted by molar-refractivity contribution is 5.42. The molecule has 0 aliphatic heterocycles. The summed E-state index contributed by atoms with van der Waals surface area (Å²) in [5.41, 5.74) is 2.19. The van der Waals surface area contributed by atoms with Gasteiger partial charge in [0.2, 0.25) is 0 Å². The molecule has 1 aromatic rings. The second kappa shape index (κ2) is 6.62. The van der Waals surface area contributed by atoms with Crippen LogP contribution in [0, 0.1) is 0 Å². The number of hydrogen-bond donors (Lipinski definition) is 1. The molecular formula is C16H22O3. The average Bonchev–Trinajstić information content (AvgIpc) is 2.47. The van der Waals surface area contributed by atoms with E-state index < -0.39 is 6.10 Å². The van der Waals surface area contributed by atoms with Crippen molar-refractivity contribution in [3.05, 3.63) is 35.4 Å². The van der Waals surface area contributed by atoms with Gasteiger partial charge in [0.1, 0.15) is 11.5 Å². The Kier molecular flexibility index (Phi) is 4.86. The molecule has 104 valence electrons. The summed E-state index contributed by atoms with van der Waals surface area (Å²) in [5, 5.41) is 10.4. The summed E-state index contributed by atoms with van der Waals surface area (Å²) in [4.78, 5) is 0. The van der Waals surface area contributed by atoms with E-state index in [-0.39, 0.29) is 0 Å². The van der Waals surface area contributed by atoms with Crippen LogP contribution in [0.25, 0.3) is 0 Å². The maximum atomic E-state index is 10.4. The third kappa shape index (κ3) is 3.51. The van der Waals surface area contributed by atoms with E-state index in [1.54, 1.807) is 14.2 Å². The summed E-state index contributed by atoms with van der Waals surface area (Å²) in [6.45, 7) is 0. The molecule has 0 amide bonds. The van der Waals surface area contributed by atoms with Crippen LogP contribution in [0.5, 0.6) is 11.5 Å². The van der Waals surface area contributed by atoms with E-state index in [9.17, 15) is 5.11 Å². The van der Waals surface area contributed by atoms with Crippen LogP contribution in [0.1, 0.15) is 43.8 Å². The highest BCUT2D eigenvalue weighted by Crippen LogP contribution is 2.34. The summed E-state index contributed by atoms with van der Waals surface area (Å²) in [6, 6.07) is 5.55. The van der Waals surface area contributed by atoms with Gasteiger partial charge in [-0.2, -0.15) is 0 Å². The maximum absolute atomic E-state index is 10.4. The van der Waals surface area contributed by atoms with Gasteiger partial charge < -0.3 is 14.6 Å². The van der Waals surface area contributed by atoms with Crippen molar-refractivity contribution in [1.82, 2.24) is 0 Å². The maximum Gasteiger partial charge on any atom is 0.128 e. The zero-order valence-corrected chi connectivity index (χ0v) is 11.7. The van der Waals surface area contributed by atoms with Gasteiger partial charge in [-0.15, -0.1) is 0 Å². The lowest BCUT2D eigenvalue weighted by molar-refractivity contribution is 0.172. The first-order valence-electron chi connectivity index (χ1n) is 6.82. The average molecular weight is 262 g/mol. The lowest BCUT2D eigenvalue weighted by Gasteiger charge is -2.19. The number of allylic oxidation sites excluding steroid dienone is 1. The highest BCUT2D eigenvalue weighted by atomic mass is 16.5. The number of ether oxygens (including phenoxy) is 2. The van der Waals surface area contributed by atoms with Crippen LogP contribution in [0.3, 0.4) is 0 Å². The summed E-state index contributed by atoms with van der Waals surface area (Å²) in [7, 11) is 3.24. The van der Waals surface area contributed by atoms with Crippen molar-refractivity contribution in [2.45, 2.75) is 38.2 Å². The lowest BCUT2D eigenvalue weighted by atomic mass is 9.92. The van der Waals surface area contributed by atoms with Crippen LogP contribution in [-0.2, 0) is 0 Å². The first-order valence-corrected chi connectivity index (χ1v) is 6.82. The van der Waals surface area contributed by atoms with Crippen molar-refractivity contribution in [1.29, 1.82) is 0 Å². The number of methoxy groups -OCH3 is 2. The Balaban J connectivity index is 2.13. The Morgan fingerprint density at radius 2 is 2.05 bits per heavy atom. The predicted octanol–water partition coefficient (Wildman–Crippen LogP) is 3.63. The molecule has 0 heterocycles. The number of aliphatic hydroxyl groups is 1. The summed E-state index contributed by atoms with van der Waals surface area (Å²) < 4.78 is 10.5. The third-order valence-corrected chi connectivity index (χ3v) is 3.64. The Hall–Kier alpha value is -1.48. The molecule has 1 N–H and O–H groups in total. The largest absolute Gasteiger partial charge is 0.497 e. The van der Waals surface area contributed by atoms with Crippen LogP contribution in [-0.4, -0.2) is 19.3 Å². The SMILES string of the molecule is COc1ccc(C(O)CC2=CCCCC2)c(OC)c1. The zero-order chi connectivity index (χ0) is 13.7. The Morgan fingerprint density at radius 1 is 1.21 bits per heavy atom. The zero-order valence-electron chi connectivity index (χ0n) is 11.7.